The van der Waals surface area contributed by atoms with Crippen LogP contribution in [-0.2, 0) is 4.74 Å². The second kappa shape index (κ2) is 7.23. The molecule has 5 nitrogen and oxygen atoms in total. The molecule has 2 aromatic heterocycles. The van der Waals surface area contributed by atoms with Crippen molar-refractivity contribution in [3.63, 3.8) is 0 Å². The minimum absolute atomic E-state index is 0.178. The molecule has 2 aliphatic heterocycles. The largest absolute Gasteiger partial charge is 0.378 e. The molecule has 132 valence electrons. The summed E-state index contributed by atoms with van der Waals surface area (Å²) in [7, 11) is 1.79. The van der Waals surface area contributed by atoms with Gasteiger partial charge >= 0.3 is 0 Å². The van der Waals surface area contributed by atoms with E-state index in [9.17, 15) is 4.79 Å². The van der Waals surface area contributed by atoms with E-state index in [0.717, 1.165) is 37.4 Å². The van der Waals surface area contributed by atoms with Crippen molar-refractivity contribution in [2.45, 2.75) is 31.0 Å². The van der Waals surface area contributed by atoms with Crippen molar-refractivity contribution in [2.24, 2.45) is 0 Å². The molecule has 2 fully saturated rings. The minimum Gasteiger partial charge on any atom is -0.378 e. The molecule has 1 amide bonds. The number of ether oxygens (including phenoxy) is 1. The molecule has 2 saturated heterocycles. The molecule has 0 aromatic carbocycles. The average molecular weight is 357 g/mol. The Morgan fingerprint density at radius 2 is 2.00 bits per heavy atom. The van der Waals surface area contributed by atoms with Gasteiger partial charge in [0.05, 0.1) is 17.0 Å². The predicted octanol–water partition coefficient (Wildman–Crippen LogP) is 2.82. The molecule has 0 spiro atoms. The van der Waals surface area contributed by atoms with Gasteiger partial charge in [-0.3, -0.25) is 14.7 Å². The second-order valence-electron chi connectivity index (χ2n) is 6.70. The Labute approximate surface area is 152 Å². The molecule has 2 atom stereocenters. The zero-order valence-corrected chi connectivity index (χ0v) is 15.2. The van der Waals surface area contributed by atoms with Gasteiger partial charge in [-0.15, -0.1) is 11.3 Å². The molecule has 2 aliphatic rings. The van der Waals surface area contributed by atoms with Gasteiger partial charge in [-0.05, 0) is 42.0 Å². The molecule has 0 N–H and O–H groups in total. The summed E-state index contributed by atoms with van der Waals surface area (Å²) in [5.74, 6) is 0.178. The highest BCUT2D eigenvalue weighted by Crippen LogP contribution is 2.39. The third-order valence-electron chi connectivity index (χ3n) is 5.40. The Kier molecular flexibility index (Phi) is 4.83. The molecular weight excluding hydrogens is 334 g/mol. The van der Waals surface area contributed by atoms with Crippen molar-refractivity contribution in [3.8, 4) is 0 Å². The van der Waals surface area contributed by atoms with E-state index < -0.39 is 0 Å². The van der Waals surface area contributed by atoms with Crippen LogP contribution in [0.4, 0.5) is 0 Å². The van der Waals surface area contributed by atoms with Crippen molar-refractivity contribution in [2.75, 3.05) is 26.7 Å². The molecule has 0 aliphatic carbocycles. The molecule has 2 aromatic rings. The number of nitrogens with zero attached hydrogens (tertiary/aromatic N) is 3. The number of carbonyl (C=O) groups excluding carboxylic acids is 1. The van der Waals surface area contributed by atoms with Crippen LogP contribution >= 0.6 is 11.3 Å². The van der Waals surface area contributed by atoms with Crippen molar-refractivity contribution in [1.29, 1.82) is 0 Å². The van der Waals surface area contributed by atoms with Crippen molar-refractivity contribution in [1.82, 2.24) is 14.8 Å². The normalized spacial score (nSPS) is 24.9. The minimum atomic E-state index is 0.178. The summed E-state index contributed by atoms with van der Waals surface area (Å²) in [4.78, 5) is 22.0. The number of thiophene rings is 1. The third kappa shape index (κ3) is 3.21. The number of amides is 1. The SMILES string of the molecule is CO[C@H]1CN(C2CCN(C(=O)c3cccs3)CC2)[C@H]1c1ccncc1. The van der Waals surface area contributed by atoms with Crippen LogP contribution in [-0.4, -0.2) is 59.6 Å². The Morgan fingerprint density at radius 3 is 2.64 bits per heavy atom. The van der Waals surface area contributed by atoms with E-state index in [1.807, 2.05) is 34.8 Å². The standard InChI is InChI=1S/C19H23N3O2S/c1-24-16-13-22(18(16)14-4-8-20-9-5-14)15-6-10-21(11-7-15)19(23)17-3-2-12-25-17/h2-5,8-9,12,15-16,18H,6-7,10-11,13H2,1H3/t16-,18-/m0/s1. The number of aromatic nitrogens is 1. The van der Waals surface area contributed by atoms with E-state index in [1.165, 1.54) is 16.9 Å². The lowest BCUT2D eigenvalue weighted by Crippen LogP contribution is -2.60. The van der Waals surface area contributed by atoms with Crippen LogP contribution in [0.3, 0.4) is 0 Å². The van der Waals surface area contributed by atoms with Gasteiger partial charge in [-0.2, -0.15) is 0 Å². The summed E-state index contributed by atoms with van der Waals surface area (Å²) in [5.41, 5.74) is 1.27. The molecule has 0 bridgehead atoms. The number of methoxy groups -OCH3 is 1. The van der Waals surface area contributed by atoms with Gasteiger partial charge < -0.3 is 9.64 Å². The maximum absolute atomic E-state index is 12.5. The van der Waals surface area contributed by atoms with Gasteiger partial charge in [0.25, 0.3) is 5.91 Å². The number of hydrogen-bond donors (Lipinski definition) is 0. The first-order valence-corrected chi connectivity index (χ1v) is 9.67. The van der Waals surface area contributed by atoms with E-state index in [4.69, 9.17) is 4.74 Å². The van der Waals surface area contributed by atoms with Crippen LogP contribution in [0.5, 0.6) is 0 Å². The highest BCUT2D eigenvalue weighted by molar-refractivity contribution is 7.12. The van der Waals surface area contributed by atoms with E-state index in [1.54, 1.807) is 7.11 Å². The molecule has 0 unspecified atom stereocenters. The van der Waals surface area contributed by atoms with E-state index in [0.29, 0.717) is 12.1 Å². The number of hydrogen-bond acceptors (Lipinski definition) is 5. The van der Waals surface area contributed by atoms with Crippen LogP contribution in [0.25, 0.3) is 0 Å². The second-order valence-corrected chi connectivity index (χ2v) is 7.64. The van der Waals surface area contributed by atoms with Crippen LogP contribution in [0.1, 0.15) is 34.1 Å². The van der Waals surface area contributed by atoms with Crippen molar-refractivity contribution >= 4 is 17.2 Å². The Morgan fingerprint density at radius 1 is 1.24 bits per heavy atom. The molecule has 4 heterocycles. The zero-order valence-electron chi connectivity index (χ0n) is 14.4. The van der Waals surface area contributed by atoms with Gasteiger partial charge in [0.2, 0.25) is 0 Å². The topological polar surface area (TPSA) is 45.7 Å². The number of rotatable bonds is 4. The highest BCUT2D eigenvalue weighted by Gasteiger charge is 2.44. The predicted molar refractivity (Wildman–Crippen MR) is 97.7 cm³/mol. The summed E-state index contributed by atoms with van der Waals surface area (Å²) in [6.07, 6.45) is 5.99. The summed E-state index contributed by atoms with van der Waals surface area (Å²) >= 11 is 1.52. The first kappa shape index (κ1) is 16.7. The van der Waals surface area contributed by atoms with E-state index >= 15 is 0 Å². The Balaban J connectivity index is 1.40. The Hall–Kier alpha value is -1.76. The number of piperidine rings is 1. The highest BCUT2D eigenvalue weighted by atomic mass is 32.1. The lowest BCUT2D eigenvalue weighted by atomic mass is 9.87. The number of carbonyl (C=O) groups is 1. The lowest BCUT2D eigenvalue weighted by Gasteiger charge is -2.53. The number of likely N-dealkylation sites (tertiary alicyclic amines) is 2. The third-order valence-corrected chi connectivity index (χ3v) is 6.26. The van der Waals surface area contributed by atoms with Gasteiger partial charge in [0.1, 0.15) is 0 Å². The van der Waals surface area contributed by atoms with Crippen LogP contribution in [0.2, 0.25) is 0 Å². The van der Waals surface area contributed by atoms with Crippen LogP contribution in [0, 0.1) is 0 Å². The summed E-state index contributed by atoms with van der Waals surface area (Å²) in [6.45, 7) is 2.63. The van der Waals surface area contributed by atoms with Crippen LogP contribution < -0.4 is 0 Å². The summed E-state index contributed by atoms with van der Waals surface area (Å²) in [6, 6.07) is 8.83. The fourth-order valence-electron chi connectivity index (χ4n) is 4.00. The first-order chi connectivity index (χ1) is 12.3. The summed E-state index contributed by atoms with van der Waals surface area (Å²) < 4.78 is 5.66. The lowest BCUT2D eigenvalue weighted by molar-refractivity contribution is -0.115. The van der Waals surface area contributed by atoms with Gasteiger partial charge in [0.15, 0.2) is 0 Å². The molecule has 25 heavy (non-hydrogen) atoms. The molecule has 6 heteroatoms. The van der Waals surface area contributed by atoms with E-state index in [2.05, 4.69) is 22.0 Å². The summed E-state index contributed by atoms with van der Waals surface area (Å²) in [5, 5.41) is 1.96. The average Bonchev–Trinajstić information content (AvgIpc) is 3.17. The zero-order chi connectivity index (χ0) is 17.2. The molecular formula is C19H23N3O2S. The van der Waals surface area contributed by atoms with Gasteiger partial charge in [-0.1, -0.05) is 6.07 Å². The Bertz CT molecular complexity index is 699. The monoisotopic (exact) mass is 357 g/mol. The quantitative estimate of drug-likeness (QED) is 0.844. The fraction of sp³-hybridized carbons (Fsp3) is 0.474. The first-order valence-electron chi connectivity index (χ1n) is 8.79. The van der Waals surface area contributed by atoms with Gasteiger partial charge in [0, 0.05) is 45.2 Å². The van der Waals surface area contributed by atoms with Gasteiger partial charge in [-0.25, -0.2) is 0 Å². The molecule has 0 saturated carbocycles. The number of pyridine rings is 1. The maximum atomic E-state index is 12.5. The molecule has 0 radical (unpaired) electrons. The maximum Gasteiger partial charge on any atom is 0.263 e. The molecule has 4 rings (SSSR count). The van der Waals surface area contributed by atoms with Crippen molar-refractivity contribution < 1.29 is 9.53 Å². The van der Waals surface area contributed by atoms with E-state index in [-0.39, 0.29) is 12.0 Å². The van der Waals surface area contributed by atoms with Crippen LogP contribution in [0.15, 0.2) is 42.0 Å². The van der Waals surface area contributed by atoms with Crippen molar-refractivity contribution in [3.05, 3.63) is 52.5 Å². The smallest absolute Gasteiger partial charge is 0.263 e. The fourth-order valence-corrected chi connectivity index (χ4v) is 4.69.